The van der Waals surface area contributed by atoms with Gasteiger partial charge in [-0.1, -0.05) is 12.1 Å². The third-order valence-corrected chi connectivity index (χ3v) is 5.59. The molecule has 0 amide bonds. The molecule has 0 aliphatic carbocycles. The van der Waals surface area contributed by atoms with Gasteiger partial charge in [-0.3, -0.25) is 4.79 Å². The number of hydrogen-bond donors (Lipinski definition) is 0. The largest absolute Gasteiger partial charge is 0.456 e. The first kappa shape index (κ1) is 14.1. The topological polar surface area (TPSA) is 36.7 Å². The van der Waals surface area contributed by atoms with Crippen LogP contribution in [0.25, 0.3) is 21.9 Å². The number of para-hydroxylation sites is 1. The molecule has 24 heavy (non-hydrogen) atoms. The Morgan fingerprint density at radius 1 is 0.917 bits per heavy atom. The lowest BCUT2D eigenvalue weighted by molar-refractivity contribution is 0.387. The first-order valence-corrected chi connectivity index (χ1v) is 8.58. The van der Waals surface area contributed by atoms with E-state index in [0.717, 1.165) is 30.6 Å². The number of hydrogen-bond acceptors (Lipinski definition) is 4. The van der Waals surface area contributed by atoms with Gasteiger partial charge >= 0.3 is 0 Å². The zero-order valence-corrected chi connectivity index (χ0v) is 13.7. The molecule has 3 aromatic rings. The fourth-order valence-corrected chi connectivity index (χ4v) is 4.43. The second kappa shape index (κ2) is 5.08. The molecule has 2 aliphatic rings. The van der Waals surface area contributed by atoms with E-state index in [1.165, 1.54) is 13.1 Å². The summed E-state index contributed by atoms with van der Waals surface area (Å²) in [5.41, 5.74) is 2.53. The van der Waals surface area contributed by atoms with Crippen molar-refractivity contribution in [1.82, 2.24) is 4.90 Å². The summed E-state index contributed by atoms with van der Waals surface area (Å²) < 4.78 is 5.91. The normalized spacial score (nSPS) is 24.1. The molecule has 2 aromatic carbocycles. The van der Waals surface area contributed by atoms with Crippen LogP contribution in [-0.4, -0.2) is 38.1 Å². The number of rotatable bonds is 1. The first-order valence-electron chi connectivity index (χ1n) is 8.58. The van der Waals surface area contributed by atoms with Crippen molar-refractivity contribution in [3.05, 3.63) is 52.7 Å². The minimum atomic E-state index is 0.0628. The lowest BCUT2D eigenvalue weighted by Gasteiger charge is -2.21. The molecule has 2 saturated heterocycles. The molecule has 2 atom stereocenters. The molecule has 1 aromatic heterocycles. The van der Waals surface area contributed by atoms with Crippen molar-refractivity contribution >= 4 is 27.6 Å². The Morgan fingerprint density at radius 3 is 2.42 bits per heavy atom. The van der Waals surface area contributed by atoms with Crippen molar-refractivity contribution in [2.75, 3.05) is 38.1 Å². The van der Waals surface area contributed by atoms with Gasteiger partial charge < -0.3 is 14.2 Å². The summed E-state index contributed by atoms with van der Waals surface area (Å²) in [7, 11) is 2.20. The molecule has 0 bridgehead atoms. The summed E-state index contributed by atoms with van der Waals surface area (Å²) >= 11 is 0. The van der Waals surface area contributed by atoms with Crippen LogP contribution >= 0.6 is 0 Å². The van der Waals surface area contributed by atoms with Gasteiger partial charge in [-0.05, 0) is 49.2 Å². The van der Waals surface area contributed by atoms with Gasteiger partial charge in [0.1, 0.15) is 11.2 Å². The minimum Gasteiger partial charge on any atom is -0.456 e. The van der Waals surface area contributed by atoms with E-state index in [1.54, 1.807) is 0 Å². The second-order valence-corrected chi connectivity index (χ2v) is 7.25. The molecule has 5 rings (SSSR count). The van der Waals surface area contributed by atoms with Crippen molar-refractivity contribution < 1.29 is 4.42 Å². The lowest BCUT2D eigenvalue weighted by Crippen LogP contribution is -2.26. The number of nitrogens with zero attached hydrogens (tertiary/aromatic N) is 2. The summed E-state index contributed by atoms with van der Waals surface area (Å²) in [6.45, 7) is 4.53. The van der Waals surface area contributed by atoms with Crippen molar-refractivity contribution in [2.45, 2.75) is 0 Å². The SMILES string of the molecule is CN1C[C@@H]2CN(c3ccc4oc5ccccc5c(=O)c4c3)C[C@@H]2C1. The quantitative estimate of drug-likeness (QED) is 0.646. The summed E-state index contributed by atoms with van der Waals surface area (Å²) in [6, 6.07) is 13.5. The van der Waals surface area contributed by atoms with Crippen LogP contribution < -0.4 is 10.3 Å². The van der Waals surface area contributed by atoms with E-state index >= 15 is 0 Å². The Kier molecular flexibility index (Phi) is 2.98. The molecule has 0 saturated carbocycles. The number of anilines is 1. The zero-order chi connectivity index (χ0) is 16.3. The number of benzene rings is 2. The lowest BCUT2D eigenvalue weighted by atomic mass is 10.0. The van der Waals surface area contributed by atoms with Crippen molar-refractivity contribution in [2.24, 2.45) is 11.8 Å². The highest BCUT2D eigenvalue weighted by Crippen LogP contribution is 2.34. The smallest absolute Gasteiger partial charge is 0.200 e. The van der Waals surface area contributed by atoms with Gasteiger partial charge in [0.05, 0.1) is 10.8 Å². The van der Waals surface area contributed by atoms with Crippen LogP contribution in [-0.2, 0) is 0 Å². The van der Waals surface area contributed by atoms with E-state index in [4.69, 9.17) is 4.42 Å². The van der Waals surface area contributed by atoms with E-state index in [9.17, 15) is 4.79 Å². The standard InChI is InChI=1S/C20H20N2O2/c1-21-9-13-11-22(12-14(13)10-21)15-6-7-19-17(8-15)20(23)16-4-2-3-5-18(16)24-19/h2-8,13-14H,9-12H2,1H3/t13-,14+. The summed E-state index contributed by atoms with van der Waals surface area (Å²) in [5.74, 6) is 1.50. The molecule has 0 N–H and O–H groups in total. The highest BCUT2D eigenvalue weighted by Gasteiger charge is 2.38. The molecule has 0 unspecified atom stereocenters. The molecule has 2 fully saturated rings. The van der Waals surface area contributed by atoms with Crippen LogP contribution in [0.2, 0.25) is 0 Å². The molecular weight excluding hydrogens is 300 g/mol. The highest BCUT2D eigenvalue weighted by atomic mass is 16.3. The van der Waals surface area contributed by atoms with Crippen molar-refractivity contribution in [3.63, 3.8) is 0 Å². The van der Waals surface area contributed by atoms with E-state index < -0.39 is 0 Å². The Hall–Kier alpha value is -2.33. The van der Waals surface area contributed by atoms with Crippen LogP contribution in [0, 0.1) is 11.8 Å². The molecule has 4 heteroatoms. The van der Waals surface area contributed by atoms with Crippen LogP contribution in [0.15, 0.2) is 51.7 Å². The Morgan fingerprint density at radius 2 is 1.62 bits per heavy atom. The molecule has 2 aliphatic heterocycles. The number of fused-ring (bicyclic) bond motifs is 3. The maximum Gasteiger partial charge on any atom is 0.200 e. The average Bonchev–Trinajstić information content (AvgIpc) is 3.12. The Balaban J connectivity index is 1.58. The van der Waals surface area contributed by atoms with Gasteiger partial charge in [-0.2, -0.15) is 0 Å². The van der Waals surface area contributed by atoms with Gasteiger partial charge in [-0.25, -0.2) is 0 Å². The van der Waals surface area contributed by atoms with E-state index in [2.05, 4.69) is 22.9 Å². The van der Waals surface area contributed by atoms with Crippen LogP contribution in [0.4, 0.5) is 5.69 Å². The molecular formula is C20H20N2O2. The summed E-state index contributed by atoms with van der Waals surface area (Å²) in [4.78, 5) is 17.7. The highest BCUT2D eigenvalue weighted by molar-refractivity contribution is 5.91. The third-order valence-electron chi connectivity index (χ3n) is 5.59. The van der Waals surface area contributed by atoms with Crippen LogP contribution in [0.3, 0.4) is 0 Å². The Labute approximate surface area is 140 Å². The maximum absolute atomic E-state index is 12.8. The van der Waals surface area contributed by atoms with Gasteiger partial charge in [0.25, 0.3) is 0 Å². The van der Waals surface area contributed by atoms with Crippen LogP contribution in [0.5, 0.6) is 0 Å². The van der Waals surface area contributed by atoms with Gasteiger partial charge in [-0.15, -0.1) is 0 Å². The molecule has 122 valence electrons. The molecule has 3 heterocycles. The average molecular weight is 320 g/mol. The maximum atomic E-state index is 12.8. The zero-order valence-electron chi connectivity index (χ0n) is 13.7. The van der Waals surface area contributed by atoms with Gasteiger partial charge in [0.2, 0.25) is 5.43 Å². The fraction of sp³-hybridized carbons (Fsp3) is 0.350. The summed E-state index contributed by atoms with van der Waals surface area (Å²) in [5, 5.41) is 1.34. The van der Waals surface area contributed by atoms with Gasteiger partial charge in [0, 0.05) is 31.9 Å². The Bertz CT molecular complexity index is 980. The van der Waals surface area contributed by atoms with Gasteiger partial charge in [0.15, 0.2) is 0 Å². The summed E-state index contributed by atoms with van der Waals surface area (Å²) in [6.07, 6.45) is 0. The van der Waals surface area contributed by atoms with Crippen LogP contribution in [0.1, 0.15) is 0 Å². The first-order chi connectivity index (χ1) is 11.7. The number of likely N-dealkylation sites (tertiary alicyclic amines) is 1. The third kappa shape index (κ3) is 2.06. The molecule has 0 spiro atoms. The minimum absolute atomic E-state index is 0.0628. The van der Waals surface area contributed by atoms with Crippen molar-refractivity contribution in [1.29, 1.82) is 0 Å². The monoisotopic (exact) mass is 320 g/mol. The van der Waals surface area contributed by atoms with E-state index in [0.29, 0.717) is 21.9 Å². The molecule has 0 radical (unpaired) electrons. The second-order valence-electron chi connectivity index (χ2n) is 7.25. The fourth-order valence-electron chi connectivity index (χ4n) is 4.43. The van der Waals surface area contributed by atoms with E-state index in [-0.39, 0.29) is 5.43 Å². The van der Waals surface area contributed by atoms with E-state index in [1.807, 2.05) is 36.4 Å². The molecule has 4 nitrogen and oxygen atoms in total. The van der Waals surface area contributed by atoms with Crippen molar-refractivity contribution in [3.8, 4) is 0 Å². The predicted molar refractivity (Wildman–Crippen MR) is 96.7 cm³/mol. The predicted octanol–water partition coefficient (Wildman–Crippen LogP) is 2.94.